The highest BCUT2D eigenvalue weighted by atomic mass is 16.5. The zero-order chi connectivity index (χ0) is 12.9. The van der Waals surface area contributed by atoms with Gasteiger partial charge in [0, 0.05) is 24.5 Å². The van der Waals surface area contributed by atoms with E-state index in [2.05, 4.69) is 25.7 Å². The van der Waals surface area contributed by atoms with Crippen LogP contribution in [-0.4, -0.2) is 54.7 Å². The van der Waals surface area contributed by atoms with E-state index in [9.17, 15) is 4.79 Å². The summed E-state index contributed by atoms with van der Waals surface area (Å²) >= 11 is 0. The minimum atomic E-state index is -0.244. The van der Waals surface area contributed by atoms with Crippen molar-refractivity contribution in [1.82, 2.24) is 4.90 Å². The quantitative estimate of drug-likeness (QED) is 0.709. The average molecular weight is 243 g/mol. The molecule has 2 unspecified atom stereocenters. The summed E-state index contributed by atoms with van der Waals surface area (Å²) in [5.41, 5.74) is -0.244. The molecule has 1 aliphatic rings. The van der Waals surface area contributed by atoms with Crippen molar-refractivity contribution in [2.24, 2.45) is 5.41 Å². The van der Waals surface area contributed by atoms with Gasteiger partial charge in [0.2, 0.25) is 0 Å². The Balaban J connectivity index is 2.66. The van der Waals surface area contributed by atoms with Gasteiger partial charge < -0.3 is 14.6 Å². The summed E-state index contributed by atoms with van der Waals surface area (Å²) in [5.74, 6) is 0. The molecule has 0 aliphatic carbocycles. The van der Waals surface area contributed by atoms with Crippen molar-refractivity contribution in [1.29, 1.82) is 0 Å². The maximum absolute atomic E-state index is 11.3. The number of morpholine rings is 1. The van der Waals surface area contributed by atoms with Crippen LogP contribution in [-0.2, 0) is 9.53 Å². The Bertz CT molecular complexity index is 241. The van der Waals surface area contributed by atoms with Crippen LogP contribution in [0.5, 0.6) is 0 Å². The molecular weight excluding hydrogens is 218 g/mol. The first-order chi connectivity index (χ1) is 8.10. The Hall–Kier alpha value is -0.450. The molecule has 1 rings (SSSR count). The number of aldehydes is 1. The number of hydrogen-bond acceptors (Lipinski definition) is 4. The SMILES string of the molecule is CCC(C=O)(CC)CN1CC(CO)OCC1C. The van der Waals surface area contributed by atoms with E-state index in [0.717, 1.165) is 25.7 Å². The van der Waals surface area contributed by atoms with E-state index in [1.165, 1.54) is 0 Å². The molecule has 1 saturated heterocycles. The molecule has 0 bridgehead atoms. The Morgan fingerprint density at radius 2 is 2.12 bits per heavy atom. The van der Waals surface area contributed by atoms with Gasteiger partial charge in [0.15, 0.2) is 0 Å². The summed E-state index contributed by atoms with van der Waals surface area (Å²) in [6, 6.07) is 0.315. The second-order valence-electron chi connectivity index (χ2n) is 5.10. The highest BCUT2D eigenvalue weighted by molar-refractivity contribution is 5.59. The van der Waals surface area contributed by atoms with Gasteiger partial charge in [0.05, 0.1) is 19.3 Å². The smallest absolute Gasteiger partial charge is 0.127 e. The number of carbonyl (C=O) groups excluding carboxylic acids is 1. The summed E-state index contributed by atoms with van der Waals surface area (Å²) in [5, 5.41) is 9.14. The molecule has 4 nitrogen and oxygen atoms in total. The lowest BCUT2D eigenvalue weighted by molar-refractivity contribution is -0.122. The van der Waals surface area contributed by atoms with Gasteiger partial charge in [-0.3, -0.25) is 4.90 Å². The van der Waals surface area contributed by atoms with Crippen molar-refractivity contribution in [3.63, 3.8) is 0 Å². The molecule has 1 fully saturated rings. The van der Waals surface area contributed by atoms with Crippen LogP contribution in [0.4, 0.5) is 0 Å². The Morgan fingerprint density at radius 1 is 1.47 bits per heavy atom. The van der Waals surface area contributed by atoms with Crippen molar-refractivity contribution >= 4 is 6.29 Å². The van der Waals surface area contributed by atoms with Gasteiger partial charge in [-0.1, -0.05) is 13.8 Å². The van der Waals surface area contributed by atoms with Gasteiger partial charge in [0.25, 0.3) is 0 Å². The lowest BCUT2D eigenvalue weighted by Gasteiger charge is -2.41. The van der Waals surface area contributed by atoms with Crippen molar-refractivity contribution in [2.75, 3.05) is 26.3 Å². The van der Waals surface area contributed by atoms with Crippen molar-refractivity contribution in [2.45, 2.75) is 45.8 Å². The highest BCUT2D eigenvalue weighted by Crippen LogP contribution is 2.27. The largest absolute Gasteiger partial charge is 0.394 e. The van der Waals surface area contributed by atoms with E-state index in [4.69, 9.17) is 9.84 Å². The van der Waals surface area contributed by atoms with Crippen molar-refractivity contribution in [3.8, 4) is 0 Å². The minimum absolute atomic E-state index is 0.0512. The summed E-state index contributed by atoms with van der Waals surface area (Å²) < 4.78 is 5.51. The zero-order valence-corrected chi connectivity index (χ0v) is 11.2. The maximum atomic E-state index is 11.3. The van der Waals surface area contributed by atoms with Crippen LogP contribution in [0.2, 0.25) is 0 Å². The van der Waals surface area contributed by atoms with Gasteiger partial charge in [-0.15, -0.1) is 0 Å². The Morgan fingerprint density at radius 3 is 2.59 bits per heavy atom. The zero-order valence-electron chi connectivity index (χ0n) is 11.2. The number of rotatable bonds is 6. The predicted molar refractivity (Wildman–Crippen MR) is 66.9 cm³/mol. The molecule has 0 aromatic heterocycles. The van der Waals surface area contributed by atoms with Crippen LogP contribution in [0, 0.1) is 5.41 Å². The fraction of sp³-hybridized carbons (Fsp3) is 0.923. The third kappa shape index (κ3) is 3.50. The molecule has 0 saturated carbocycles. The minimum Gasteiger partial charge on any atom is -0.394 e. The molecule has 0 radical (unpaired) electrons. The monoisotopic (exact) mass is 243 g/mol. The molecule has 1 heterocycles. The lowest BCUT2D eigenvalue weighted by Crippen LogP contribution is -2.53. The topological polar surface area (TPSA) is 49.8 Å². The van der Waals surface area contributed by atoms with E-state index >= 15 is 0 Å². The highest BCUT2D eigenvalue weighted by Gasteiger charge is 2.33. The van der Waals surface area contributed by atoms with Gasteiger partial charge in [-0.25, -0.2) is 0 Å². The fourth-order valence-corrected chi connectivity index (χ4v) is 2.29. The van der Waals surface area contributed by atoms with Crippen LogP contribution in [0.15, 0.2) is 0 Å². The lowest BCUT2D eigenvalue weighted by atomic mass is 9.83. The Labute approximate surface area is 104 Å². The van der Waals surface area contributed by atoms with Gasteiger partial charge >= 0.3 is 0 Å². The summed E-state index contributed by atoms with van der Waals surface area (Å²) in [6.07, 6.45) is 2.72. The standard InChI is InChI=1S/C13H25NO3/c1-4-13(5-2,10-16)9-14-6-12(7-15)17-8-11(14)3/h10-12,15H,4-9H2,1-3H3. The predicted octanol–water partition coefficient (Wildman–Crippen LogP) is 1.07. The first-order valence-corrected chi connectivity index (χ1v) is 6.53. The van der Waals surface area contributed by atoms with Crippen LogP contribution >= 0.6 is 0 Å². The van der Waals surface area contributed by atoms with Crippen molar-refractivity contribution < 1.29 is 14.6 Å². The summed E-state index contributed by atoms with van der Waals surface area (Å²) in [4.78, 5) is 13.6. The van der Waals surface area contributed by atoms with Crippen LogP contribution in [0.3, 0.4) is 0 Å². The first-order valence-electron chi connectivity index (χ1n) is 6.53. The molecular formula is C13H25NO3. The number of aliphatic hydroxyl groups excluding tert-OH is 1. The fourth-order valence-electron chi connectivity index (χ4n) is 2.29. The second-order valence-corrected chi connectivity index (χ2v) is 5.10. The molecule has 1 aliphatic heterocycles. The van der Waals surface area contributed by atoms with E-state index in [1.807, 2.05) is 0 Å². The number of nitrogens with zero attached hydrogens (tertiary/aromatic N) is 1. The molecule has 0 amide bonds. The van der Waals surface area contributed by atoms with E-state index in [0.29, 0.717) is 19.2 Å². The number of carbonyl (C=O) groups is 1. The Kier molecular flexibility index (Phi) is 5.56. The van der Waals surface area contributed by atoms with Crippen LogP contribution in [0.25, 0.3) is 0 Å². The molecule has 2 atom stereocenters. The average Bonchev–Trinajstić information content (AvgIpc) is 2.38. The molecule has 0 spiro atoms. The molecule has 1 N–H and O–H groups in total. The number of ether oxygens (including phenoxy) is 1. The molecule has 17 heavy (non-hydrogen) atoms. The molecule has 4 heteroatoms. The van der Waals surface area contributed by atoms with E-state index in [1.54, 1.807) is 0 Å². The van der Waals surface area contributed by atoms with Crippen molar-refractivity contribution in [3.05, 3.63) is 0 Å². The van der Waals surface area contributed by atoms with Crippen LogP contribution < -0.4 is 0 Å². The van der Waals surface area contributed by atoms with Gasteiger partial charge in [-0.2, -0.15) is 0 Å². The van der Waals surface area contributed by atoms with Gasteiger partial charge in [-0.05, 0) is 19.8 Å². The summed E-state index contributed by atoms with van der Waals surface area (Å²) in [6.45, 7) is 8.40. The number of hydrogen-bond donors (Lipinski definition) is 1. The molecule has 0 aromatic carbocycles. The second kappa shape index (κ2) is 6.47. The maximum Gasteiger partial charge on any atom is 0.127 e. The molecule has 0 aromatic rings. The van der Waals surface area contributed by atoms with E-state index in [-0.39, 0.29) is 18.1 Å². The normalized spacial score (nSPS) is 27.1. The molecule has 100 valence electrons. The van der Waals surface area contributed by atoms with E-state index < -0.39 is 0 Å². The van der Waals surface area contributed by atoms with Crippen LogP contribution in [0.1, 0.15) is 33.6 Å². The first kappa shape index (κ1) is 14.6. The third-order valence-electron chi connectivity index (χ3n) is 4.01. The summed E-state index contributed by atoms with van der Waals surface area (Å²) in [7, 11) is 0. The number of aliphatic hydroxyl groups is 1. The van der Waals surface area contributed by atoms with Gasteiger partial charge in [0.1, 0.15) is 6.29 Å². The third-order valence-corrected chi connectivity index (χ3v) is 4.01.